The fraction of sp³-hybridized carbons (Fsp3) is 0.269. The van der Waals surface area contributed by atoms with Gasteiger partial charge in [-0.25, -0.2) is 4.98 Å². The van der Waals surface area contributed by atoms with Crippen molar-refractivity contribution in [3.63, 3.8) is 0 Å². The molecule has 1 aliphatic rings. The molecule has 1 saturated carbocycles. The van der Waals surface area contributed by atoms with Crippen LogP contribution in [0.5, 0.6) is 0 Å². The van der Waals surface area contributed by atoms with E-state index in [4.69, 9.17) is 0 Å². The van der Waals surface area contributed by atoms with Gasteiger partial charge >= 0.3 is 6.18 Å². The van der Waals surface area contributed by atoms with Crippen molar-refractivity contribution in [2.75, 3.05) is 0 Å². The summed E-state index contributed by atoms with van der Waals surface area (Å²) in [5.74, 6) is 1.02. The Kier molecular flexibility index (Phi) is 5.16. The number of rotatable bonds is 6. The maximum atomic E-state index is 13.1. The van der Waals surface area contributed by atoms with Gasteiger partial charge in [0.1, 0.15) is 5.82 Å². The van der Waals surface area contributed by atoms with Crippen LogP contribution in [0.1, 0.15) is 48.2 Å². The molecule has 0 bridgehead atoms. The highest BCUT2D eigenvalue weighted by Crippen LogP contribution is 2.44. The molecule has 164 valence electrons. The summed E-state index contributed by atoms with van der Waals surface area (Å²) < 4.78 is 40.7. The Balaban J connectivity index is 1.35. The van der Waals surface area contributed by atoms with E-state index in [1.54, 1.807) is 0 Å². The van der Waals surface area contributed by atoms with Crippen LogP contribution in [0.2, 0.25) is 0 Å². The summed E-state index contributed by atoms with van der Waals surface area (Å²) >= 11 is 0. The number of H-pyrrole nitrogens is 1. The average molecular weight is 435 g/mol. The predicted octanol–water partition coefficient (Wildman–Crippen LogP) is 7.05. The van der Waals surface area contributed by atoms with Gasteiger partial charge in [0.05, 0.1) is 0 Å². The van der Waals surface area contributed by atoms with Crippen molar-refractivity contribution < 1.29 is 13.2 Å². The summed E-state index contributed by atoms with van der Waals surface area (Å²) in [6, 6.07) is 18.4. The Morgan fingerprint density at radius 3 is 2.47 bits per heavy atom. The number of imidazole rings is 1. The van der Waals surface area contributed by atoms with E-state index in [1.165, 1.54) is 34.1 Å². The lowest BCUT2D eigenvalue weighted by Crippen LogP contribution is -2.05. The van der Waals surface area contributed by atoms with Crippen LogP contribution in [-0.2, 0) is 19.1 Å². The van der Waals surface area contributed by atoms with Crippen molar-refractivity contribution in [1.29, 1.82) is 0 Å². The number of aromatic nitrogens is 3. The third-order valence-corrected chi connectivity index (χ3v) is 6.05. The Hall–Kier alpha value is -3.28. The van der Waals surface area contributed by atoms with E-state index in [1.807, 2.05) is 31.2 Å². The summed E-state index contributed by atoms with van der Waals surface area (Å²) in [5.41, 5.74) is 5.92. The predicted molar refractivity (Wildman–Crippen MR) is 119 cm³/mol. The van der Waals surface area contributed by atoms with Crippen LogP contribution in [0.4, 0.5) is 13.2 Å². The fourth-order valence-corrected chi connectivity index (χ4v) is 4.22. The molecule has 0 amide bonds. The molecule has 32 heavy (non-hydrogen) atoms. The summed E-state index contributed by atoms with van der Waals surface area (Å²) in [6.45, 7) is 2.23. The van der Waals surface area contributed by atoms with Crippen molar-refractivity contribution in [2.24, 2.45) is 0 Å². The van der Waals surface area contributed by atoms with Crippen molar-refractivity contribution >= 4 is 0 Å². The molecule has 4 aromatic rings. The van der Waals surface area contributed by atoms with Crippen LogP contribution in [0.25, 0.3) is 22.5 Å². The number of nitrogens with one attached hydrogen (secondary N) is 1. The smallest absolute Gasteiger partial charge is 0.364 e. The van der Waals surface area contributed by atoms with Gasteiger partial charge < -0.3 is 9.55 Å². The maximum absolute atomic E-state index is 13.1. The number of halogens is 3. The molecule has 1 fully saturated rings. The minimum atomic E-state index is -4.45. The zero-order valence-corrected chi connectivity index (χ0v) is 17.8. The molecule has 0 spiro atoms. The van der Waals surface area contributed by atoms with E-state index in [9.17, 15) is 13.2 Å². The average Bonchev–Trinajstić information content (AvgIpc) is 3.36. The van der Waals surface area contributed by atoms with Crippen molar-refractivity contribution in [1.82, 2.24) is 14.5 Å². The van der Waals surface area contributed by atoms with E-state index in [-0.39, 0.29) is 0 Å². The first-order valence-electron chi connectivity index (χ1n) is 10.9. The van der Waals surface area contributed by atoms with Crippen LogP contribution in [-0.4, -0.2) is 14.5 Å². The molecule has 0 atom stereocenters. The maximum Gasteiger partial charge on any atom is 0.434 e. The van der Waals surface area contributed by atoms with Crippen LogP contribution in [0.3, 0.4) is 0 Å². The van der Waals surface area contributed by atoms with Crippen molar-refractivity contribution in [2.45, 2.75) is 44.8 Å². The molecule has 1 aliphatic carbocycles. The Morgan fingerprint density at radius 2 is 1.78 bits per heavy atom. The fourth-order valence-electron chi connectivity index (χ4n) is 4.22. The van der Waals surface area contributed by atoms with Gasteiger partial charge in [-0.3, -0.25) is 0 Å². The second-order valence-electron chi connectivity index (χ2n) is 8.38. The summed E-state index contributed by atoms with van der Waals surface area (Å²) in [4.78, 5) is 7.21. The molecule has 2 aromatic carbocycles. The highest BCUT2D eigenvalue weighted by molar-refractivity contribution is 5.69. The summed E-state index contributed by atoms with van der Waals surface area (Å²) in [5, 5.41) is 0. The van der Waals surface area contributed by atoms with Gasteiger partial charge in [-0.05, 0) is 54.0 Å². The van der Waals surface area contributed by atoms with Crippen LogP contribution < -0.4 is 0 Å². The molecule has 0 saturated heterocycles. The van der Waals surface area contributed by atoms with Crippen LogP contribution >= 0.6 is 0 Å². The standard InChI is InChI=1S/C26H24F3N3/c1-2-32-16-24(26(27,28)29)31-25(32)19-9-7-17(8-10-19)13-21-14-20(15-30-21)23-6-4-3-5-22(23)18-11-12-18/h3-10,14-16,18,30H,2,11-13H2,1H3. The molecule has 1 N–H and O–H groups in total. The minimum Gasteiger partial charge on any atom is -0.364 e. The van der Waals surface area contributed by atoms with Gasteiger partial charge in [0.25, 0.3) is 0 Å². The third kappa shape index (κ3) is 4.09. The lowest BCUT2D eigenvalue weighted by molar-refractivity contribution is -0.140. The molecular weight excluding hydrogens is 411 g/mol. The van der Waals surface area contributed by atoms with Crippen molar-refractivity contribution in [3.05, 3.63) is 89.5 Å². The third-order valence-electron chi connectivity index (χ3n) is 6.05. The van der Waals surface area contributed by atoms with Gasteiger partial charge in [-0.1, -0.05) is 48.5 Å². The molecule has 5 rings (SSSR count). The lowest BCUT2D eigenvalue weighted by atomic mass is 9.98. The quantitative estimate of drug-likeness (QED) is 0.346. The van der Waals surface area contributed by atoms with Gasteiger partial charge in [-0.2, -0.15) is 13.2 Å². The first kappa shape index (κ1) is 20.6. The first-order chi connectivity index (χ1) is 15.4. The monoisotopic (exact) mass is 435 g/mol. The Bertz CT molecular complexity index is 1230. The Morgan fingerprint density at radius 1 is 1.03 bits per heavy atom. The zero-order chi connectivity index (χ0) is 22.3. The molecule has 2 heterocycles. The number of hydrogen-bond donors (Lipinski definition) is 1. The van der Waals surface area contributed by atoms with E-state index in [2.05, 4.69) is 46.5 Å². The molecular formula is C26H24F3N3. The summed E-state index contributed by atoms with van der Waals surface area (Å²) in [7, 11) is 0. The highest BCUT2D eigenvalue weighted by atomic mass is 19.4. The molecule has 2 aromatic heterocycles. The van der Waals surface area contributed by atoms with E-state index >= 15 is 0 Å². The molecule has 6 heteroatoms. The highest BCUT2D eigenvalue weighted by Gasteiger charge is 2.34. The van der Waals surface area contributed by atoms with Crippen LogP contribution in [0.15, 0.2) is 67.0 Å². The van der Waals surface area contributed by atoms with E-state index < -0.39 is 11.9 Å². The number of nitrogens with zero attached hydrogens (tertiary/aromatic N) is 2. The molecule has 0 radical (unpaired) electrons. The van der Waals surface area contributed by atoms with Gasteiger partial charge in [-0.15, -0.1) is 0 Å². The van der Waals surface area contributed by atoms with E-state index in [0.717, 1.165) is 23.9 Å². The second-order valence-corrected chi connectivity index (χ2v) is 8.38. The lowest BCUT2D eigenvalue weighted by Gasteiger charge is -2.06. The number of hydrogen-bond acceptors (Lipinski definition) is 1. The number of aromatic amines is 1. The number of aryl methyl sites for hydroxylation is 1. The van der Waals surface area contributed by atoms with Gasteiger partial charge in [0, 0.05) is 36.6 Å². The molecule has 3 nitrogen and oxygen atoms in total. The van der Waals surface area contributed by atoms with Crippen LogP contribution in [0, 0.1) is 0 Å². The first-order valence-corrected chi connectivity index (χ1v) is 10.9. The molecule has 0 aliphatic heterocycles. The van der Waals surface area contributed by atoms with Gasteiger partial charge in [0.15, 0.2) is 5.69 Å². The topological polar surface area (TPSA) is 33.6 Å². The number of benzene rings is 2. The second kappa shape index (κ2) is 8.01. The van der Waals surface area contributed by atoms with E-state index in [0.29, 0.717) is 23.9 Å². The summed E-state index contributed by atoms with van der Waals surface area (Å²) in [6.07, 6.45) is 1.94. The SMILES string of the molecule is CCn1cc(C(F)(F)F)nc1-c1ccc(Cc2cc(-c3ccccc3C3CC3)c[nH]2)cc1. The minimum absolute atomic E-state index is 0.338. The number of alkyl halides is 3. The normalized spacial score (nSPS) is 14.1. The van der Waals surface area contributed by atoms with Gasteiger partial charge in [0.2, 0.25) is 0 Å². The largest absolute Gasteiger partial charge is 0.434 e. The zero-order valence-electron chi connectivity index (χ0n) is 17.8. The van der Waals surface area contributed by atoms with Crippen molar-refractivity contribution in [3.8, 4) is 22.5 Å². The Labute approximate surface area is 184 Å². The molecule has 0 unspecified atom stereocenters.